The highest BCUT2D eigenvalue weighted by molar-refractivity contribution is 5.50. The van der Waals surface area contributed by atoms with Crippen LogP contribution in [0.2, 0.25) is 0 Å². The Hall–Kier alpha value is -2.00. The van der Waals surface area contributed by atoms with Crippen molar-refractivity contribution < 1.29 is 4.74 Å². The van der Waals surface area contributed by atoms with Crippen LogP contribution in [0.15, 0.2) is 54.6 Å². The molecule has 1 aliphatic rings. The number of methoxy groups -OCH3 is 1. The molecule has 1 atom stereocenters. The van der Waals surface area contributed by atoms with Crippen LogP contribution in [0.1, 0.15) is 11.7 Å². The van der Waals surface area contributed by atoms with Crippen LogP contribution in [-0.2, 0) is 0 Å². The molecule has 0 radical (unpaired) electrons. The Balaban J connectivity index is 1.92. The van der Waals surface area contributed by atoms with Gasteiger partial charge in [0.2, 0.25) is 0 Å². The highest BCUT2D eigenvalue weighted by Crippen LogP contribution is 2.33. The fraction of sp³-hybridized carbons (Fsp3) is 0.294. The van der Waals surface area contributed by atoms with Crippen LogP contribution >= 0.6 is 0 Å². The molecule has 2 aromatic carbocycles. The first-order chi connectivity index (χ1) is 9.79. The third-order valence-corrected chi connectivity index (χ3v) is 3.91. The molecule has 1 fully saturated rings. The molecule has 1 unspecified atom stereocenters. The van der Waals surface area contributed by atoms with Crippen LogP contribution in [-0.4, -0.2) is 32.1 Å². The Labute approximate surface area is 120 Å². The predicted molar refractivity (Wildman–Crippen MR) is 82.2 cm³/mol. The third-order valence-electron chi connectivity index (χ3n) is 3.91. The number of hydrogen-bond acceptors (Lipinski definition) is 3. The van der Waals surface area contributed by atoms with E-state index in [1.807, 2.05) is 12.1 Å². The van der Waals surface area contributed by atoms with Crippen LogP contribution in [0.3, 0.4) is 0 Å². The molecular weight excluding hydrogens is 248 g/mol. The normalized spacial score (nSPS) is 19.3. The fourth-order valence-corrected chi connectivity index (χ4v) is 2.85. The molecule has 0 aliphatic carbocycles. The number of benzene rings is 2. The van der Waals surface area contributed by atoms with Crippen molar-refractivity contribution >= 4 is 5.69 Å². The van der Waals surface area contributed by atoms with Gasteiger partial charge in [-0.15, -0.1) is 0 Å². The molecule has 1 saturated heterocycles. The van der Waals surface area contributed by atoms with Gasteiger partial charge >= 0.3 is 0 Å². The van der Waals surface area contributed by atoms with Gasteiger partial charge in [-0.1, -0.05) is 30.3 Å². The summed E-state index contributed by atoms with van der Waals surface area (Å²) in [6.07, 6.45) is 0.295. The second kappa shape index (κ2) is 5.55. The molecule has 0 aromatic heterocycles. The van der Waals surface area contributed by atoms with Gasteiger partial charge in [0.1, 0.15) is 11.9 Å². The third kappa shape index (κ3) is 2.37. The van der Waals surface area contributed by atoms with Crippen LogP contribution in [0.4, 0.5) is 5.69 Å². The monoisotopic (exact) mass is 268 g/mol. The molecule has 3 nitrogen and oxygen atoms in total. The molecule has 1 aliphatic heterocycles. The van der Waals surface area contributed by atoms with E-state index in [1.54, 1.807) is 7.11 Å². The molecular formula is C17H20N2O. The SMILES string of the molecule is COc1ccc(C2N(C)CCN2c2ccccc2)cc1. The summed E-state index contributed by atoms with van der Waals surface area (Å²) in [5.41, 5.74) is 2.58. The van der Waals surface area contributed by atoms with Crippen molar-refractivity contribution in [3.05, 3.63) is 60.2 Å². The summed E-state index contributed by atoms with van der Waals surface area (Å²) >= 11 is 0. The van der Waals surface area contributed by atoms with Crippen LogP contribution in [0, 0.1) is 0 Å². The maximum Gasteiger partial charge on any atom is 0.118 e. The number of para-hydroxylation sites is 1. The van der Waals surface area contributed by atoms with Crippen LogP contribution in [0.5, 0.6) is 5.75 Å². The highest BCUT2D eigenvalue weighted by Gasteiger charge is 2.30. The largest absolute Gasteiger partial charge is 0.497 e. The molecule has 1 heterocycles. The Morgan fingerprint density at radius 2 is 1.65 bits per heavy atom. The summed E-state index contributed by atoms with van der Waals surface area (Å²) in [5, 5.41) is 0. The van der Waals surface area contributed by atoms with E-state index < -0.39 is 0 Å². The van der Waals surface area contributed by atoms with Gasteiger partial charge in [0.05, 0.1) is 7.11 Å². The molecule has 2 aromatic rings. The highest BCUT2D eigenvalue weighted by atomic mass is 16.5. The van der Waals surface area contributed by atoms with E-state index in [0.29, 0.717) is 6.17 Å². The van der Waals surface area contributed by atoms with Crippen LogP contribution in [0.25, 0.3) is 0 Å². The van der Waals surface area contributed by atoms with Crippen molar-refractivity contribution in [2.24, 2.45) is 0 Å². The standard InChI is InChI=1S/C17H20N2O/c1-18-12-13-19(15-6-4-3-5-7-15)17(18)14-8-10-16(20-2)11-9-14/h3-11,17H,12-13H2,1-2H3. The minimum atomic E-state index is 0.295. The number of hydrogen-bond donors (Lipinski definition) is 0. The summed E-state index contributed by atoms with van der Waals surface area (Å²) in [4.78, 5) is 4.83. The van der Waals surface area contributed by atoms with Crippen molar-refractivity contribution in [3.63, 3.8) is 0 Å². The van der Waals surface area contributed by atoms with Gasteiger partial charge in [-0.05, 0) is 36.9 Å². The smallest absolute Gasteiger partial charge is 0.118 e. The van der Waals surface area contributed by atoms with Gasteiger partial charge < -0.3 is 9.64 Å². The average Bonchev–Trinajstić information content (AvgIpc) is 2.90. The topological polar surface area (TPSA) is 15.7 Å². The van der Waals surface area contributed by atoms with Crippen molar-refractivity contribution in [2.45, 2.75) is 6.17 Å². The van der Waals surface area contributed by atoms with E-state index in [1.165, 1.54) is 11.3 Å². The van der Waals surface area contributed by atoms with E-state index in [4.69, 9.17) is 4.74 Å². The predicted octanol–water partition coefficient (Wildman–Crippen LogP) is 3.15. The lowest BCUT2D eigenvalue weighted by atomic mass is 10.1. The lowest BCUT2D eigenvalue weighted by Crippen LogP contribution is -2.28. The molecule has 0 N–H and O–H groups in total. The first-order valence-corrected chi connectivity index (χ1v) is 6.95. The second-order valence-electron chi connectivity index (χ2n) is 5.16. The lowest BCUT2D eigenvalue weighted by molar-refractivity contribution is 0.318. The minimum Gasteiger partial charge on any atom is -0.497 e. The zero-order chi connectivity index (χ0) is 13.9. The maximum absolute atomic E-state index is 5.24. The number of anilines is 1. The van der Waals surface area contributed by atoms with Gasteiger partial charge in [0.25, 0.3) is 0 Å². The van der Waals surface area contributed by atoms with Crippen molar-refractivity contribution in [2.75, 3.05) is 32.1 Å². The number of nitrogens with zero attached hydrogens (tertiary/aromatic N) is 2. The van der Waals surface area contributed by atoms with Crippen LogP contribution < -0.4 is 9.64 Å². The number of ether oxygens (including phenoxy) is 1. The molecule has 0 spiro atoms. The summed E-state index contributed by atoms with van der Waals surface area (Å²) < 4.78 is 5.24. The Kier molecular flexibility index (Phi) is 3.61. The zero-order valence-corrected chi connectivity index (χ0v) is 12.0. The number of rotatable bonds is 3. The maximum atomic E-state index is 5.24. The average molecular weight is 268 g/mol. The molecule has 20 heavy (non-hydrogen) atoms. The summed E-state index contributed by atoms with van der Waals surface area (Å²) in [5.74, 6) is 0.903. The van der Waals surface area contributed by atoms with E-state index in [9.17, 15) is 0 Å². The van der Waals surface area contributed by atoms with E-state index in [0.717, 1.165) is 18.8 Å². The zero-order valence-electron chi connectivity index (χ0n) is 12.0. The van der Waals surface area contributed by atoms with Gasteiger partial charge in [0.15, 0.2) is 0 Å². The van der Waals surface area contributed by atoms with E-state index in [2.05, 4.69) is 59.3 Å². The molecule has 3 rings (SSSR count). The lowest BCUT2D eigenvalue weighted by Gasteiger charge is -2.30. The molecule has 0 saturated carbocycles. The number of likely N-dealkylation sites (N-methyl/N-ethyl adjacent to an activating group) is 1. The second-order valence-corrected chi connectivity index (χ2v) is 5.16. The van der Waals surface area contributed by atoms with E-state index >= 15 is 0 Å². The van der Waals surface area contributed by atoms with Gasteiger partial charge in [0, 0.05) is 18.8 Å². The van der Waals surface area contributed by atoms with Gasteiger partial charge in [-0.3, -0.25) is 4.90 Å². The van der Waals surface area contributed by atoms with Crippen molar-refractivity contribution in [1.29, 1.82) is 0 Å². The fourth-order valence-electron chi connectivity index (χ4n) is 2.85. The minimum absolute atomic E-state index is 0.295. The quantitative estimate of drug-likeness (QED) is 0.850. The van der Waals surface area contributed by atoms with E-state index in [-0.39, 0.29) is 0 Å². The van der Waals surface area contributed by atoms with Gasteiger partial charge in [-0.25, -0.2) is 0 Å². The van der Waals surface area contributed by atoms with Gasteiger partial charge in [-0.2, -0.15) is 0 Å². The Morgan fingerprint density at radius 1 is 0.950 bits per heavy atom. The summed E-state index contributed by atoms with van der Waals surface area (Å²) in [6.45, 7) is 2.13. The molecule has 0 bridgehead atoms. The van der Waals surface area contributed by atoms with Crippen molar-refractivity contribution in [1.82, 2.24) is 4.90 Å². The molecule has 0 amide bonds. The Morgan fingerprint density at radius 3 is 2.30 bits per heavy atom. The first-order valence-electron chi connectivity index (χ1n) is 6.95. The Bertz CT molecular complexity index is 553. The molecule has 3 heteroatoms. The van der Waals surface area contributed by atoms with Crippen molar-refractivity contribution in [3.8, 4) is 5.75 Å². The summed E-state index contributed by atoms with van der Waals surface area (Å²) in [7, 11) is 3.88. The first kappa shape index (κ1) is 13.0. The molecule has 104 valence electrons. The summed E-state index contributed by atoms with van der Waals surface area (Å²) in [6, 6.07) is 19.0.